The summed E-state index contributed by atoms with van der Waals surface area (Å²) in [4.78, 5) is 0. The van der Waals surface area contributed by atoms with E-state index in [4.69, 9.17) is 3.98 Å². The number of fused-ring (bicyclic) bond motifs is 1. The third-order valence-corrected chi connectivity index (χ3v) is 5.38. The Labute approximate surface area is 129 Å². The van der Waals surface area contributed by atoms with Crippen LogP contribution in [0.1, 0.15) is 0 Å². The Bertz CT molecular complexity index is 894. The number of rotatable bonds is 2. The molecule has 0 atom stereocenters. The summed E-state index contributed by atoms with van der Waals surface area (Å²) in [5.74, 6) is 0. The van der Waals surface area contributed by atoms with E-state index < -0.39 is 0 Å². The van der Waals surface area contributed by atoms with Crippen molar-refractivity contribution in [3.8, 4) is 22.4 Å². The van der Waals surface area contributed by atoms with Crippen LogP contribution in [0.4, 0.5) is 0 Å². The molecule has 2 heteroatoms. The SMILES string of the molecule is c1ccc(-c2ccccc2-c2n[se]c3ccccc23)cc1. The number of aromatic nitrogens is 1. The quantitative estimate of drug-likeness (QED) is 0.487. The molecular formula is C19H13NSe. The Hall–Kier alpha value is -2.15. The molecule has 21 heavy (non-hydrogen) atoms. The number of hydrogen-bond acceptors (Lipinski definition) is 1. The van der Waals surface area contributed by atoms with Crippen molar-refractivity contribution in [1.29, 1.82) is 0 Å². The molecule has 1 heterocycles. The van der Waals surface area contributed by atoms with Gasteiger partial charge in [-0.3, -0.25) is 0 Å². The van der Waals surface area contributed by atoms with Gasteiger partial charge in [-0.05, 0) is 0 Å². The maximum absolute atomic E-state index is 4.84. The fourth-order valence-corrected chi connectivity index (χ4v) is 4.29. The molecule has 0 saturated carbocycles. The predicted octanol–water partition coefficient (Wildman–Crippen LogP) is 4.63. The Morgan fingerprint density at radius 1 is 0.619 bits per heavy atom. The molecule has 0 fully saturated rings. The van der Waals surface area contributed by atoms with Crippen molar-refractivity contribution >= 4 is 24.4 Å². The molecule has 0 spiro atoms. The van der Waals surface area contributed by atoms with E-state index in [-0.39, 0.29) is 14.7 Å². The summed E-state index contributed by atoms with van der Waals surface area (Å²) in [6.07, 6.45) is 0. The van der Waals surface area contributed by atoms with Crippen LogP contribution in [-0.4, -0.2) is 18.7 Å². The molecule has 0 unspecified atom stereocenters. The van der Waals surface area contributed by atoms with Gasteiger partial charge < -0.3 is 0 Å². The Morgan fingerprint density at radius 3 is 2.14 bits per heavy atom. The Balaban J connectivity index is 1.98. The molecule has 0 aliphatic rings. The second-order valence-electron chi connectivity index (χ2n) is 4.94. The minimum atomic E-state index is 0.204. The molecule has 4 aromatic rings. The van der Waals surface area contributed by atoms with Crippen LogP contribution in [-0.2, 0) is 0 Å². The fourth-order valence-electron chi connectivity index (χ4n) is 2.64. The molecule has 0 saturated heterocycles. The van der Waals surface area contributed by atoms with Crippen molar-refractivity contribution in [2.45, 2.75) is 0 Å². The zero-order valence-electron chi connectivity index (χ0n) is 11.4. The van der Waals surface area contributed by atoms with Gasteiger partial charge in [-0.25, -0.2) is 0 Å². The molecule has 0 amide bonds. The van der Waals surface area contributed by atoms with Crippen molar-refractivity contribution in [3.05, 3.63) is 78.9 Å². The predicted molar refractivity (Wildman–Crippen MR) is 89.6 cm³/mol. The third kappa shape index (κ3) is 2.23. The fraction of sp³-hybridized carbons (Fsp3) is 0. The first-order valence-electron chi connectivity index (χ1n) is 6.93. The molecule has 1 aromatic heterocycles. The Kier molecular flexibility index (Phi) is 3.19. The van der Waals surface area contributed by atoms with E-state index in [2.05, 4.69) is 78.9 Å². The minimum absolute atomic E-state index is 0.204. The van der Waals surface area contributed by atoms with Gasteiger partial charge in [-0.15, -0.1) is 0 Å². The van der Waals surface area contributed by atoms with Crippen LogP contribution in [0.3, 0.4) is 0 Å². The summed E-state index contributed by atoms with van der Waals surface area (Å²) in [6.45, 7) is 0. The molecule has 1 nitrogen and oxygen atoms in total. The summed E-state index contributed by atoms with van der Waals surface area (Å²) in [7, 11) is 0. The van der Waals surface area contributed by atoms with Crippen molar-refractivity contribution in [2.24, 2.45) is 0 Å². The molecule has 4 rings (SSSR count). The summed E-state index contributed by atoms with van der Waals surface area (Å²) in [5.41, 5.74) is 4.87. The van der Waals surface area contributed by atoms with Gasteiger partial charge in [0.1, 0.15) is 0 Å². The second-order valence-corrected chi connectivity index (χ2v) is 6.63. The molecule has 0 aliphatic carbocycles. The summed E-state index contributed by atoms with van der Waals surface area (Å²) in [5, 5.41) is 1.29. The van der Waals surface area contributed by atoms with E-state index in [1.807, 2.05) is 0 Å². The van der Waals surface area contributed by atoms with Gasteiger partial charge in [0.15, 0.2) is 0 Å². The van der Waals surface area contributed by atoms with E-state index in [9.17, 15) is 0 Å². The van der Waals surface area contributed by atoms with E-state index in [0.717, 1.165) is 5.69 Å². The van der Waals surface area contributed by atoms with Crippen LogP contribution in [0.2, 0.25) is 0 Å². The van der Waals surface area contributed by atoms with Gasteiger partial charge in [-0.1, -0.05) is 0 Å². The third-order valence-electron chi connectivity index (χ3n) is 3.64. The first-order valence-corrected chi connectivity index (χ1v) is 8.55. The number of benzene rings is 3. The molecule has 0 aliphatic heterocycles. The maximum atomic E-state index is 4.84. The molecule has 0 bridgehead atoms. The van der Waals surface area contributed by atoms with Gasteiger partial charge in [0.2, 0.25) is 0 Å². The van der Waals surface area contributed by atoms with Crippen LogP contribution >= 0.6 is 0 Å². The summed E-state index contributed by atoms with van der Waals surface area (Å²) < 4.78 is 6.22. The summed E-state index contributed by atoms with van der Waals surface area (Å²) in [6, 6.07) is 27.7. The first kappa shape index (κ1) is 12.6. The van der Waals surface area contributed by atoms with Crippen LogP contribution < -0.4 is 0 Å². The molecule has 3 aromatic carbocycles. The average Bonchev–Trinajstić information content (AvgIpc) is 3.00. The van der Waals surface area contributed by atoms with Crippen LogP contribution in [0.5, 0.6) is 0 Å². The van der Waals surface area contributed by atoms with E-state index in [1.165, 1.54) is 26.3 Å². The van der Waals surface area contributed by atoms with Gasteiger partial charge in [0.05, 0.1) is 0 Å². The Morgan fingerprint density at radius 2 is 1.29 bits per heavy atom. The zero-order valence-corrected chi connectivity index (χ0v) is 13.1. The molecule has 0 N–H and O–H groups in total. The van der Waals surface area contributed by atoms with Gasteiger partial charge in [-0.2, -0.15) is 0 Å². The average molecular weight is 334 g/mol. The first-order chi connectivity index (χ1) is 10.4. The van der Waals surface area contributed by atoms with Gasteiger partial charge in [0.25, 0.3) is 0 Å². The number of nitrogens with zero attached hydrogens (tertiary/aromatic N) is 1. The van der Waals surface area contributed by atoms with E-state index in [0.29, 0.717) is 0 Å². The monoisotopic (exact) mass is 335 g/mol. The van der Waals surface area contributed by atoms with Crippen LogP contribution in [0, 0.1) is 0 Å². The van der Waals surface area contributed by atoms with Gasteiger partial charge in [0, 0.05) is 0 Å². The molecular weight excluding hydrogens is 321 g/mol. The number of hydrogen-bond donors (Lipinski definition) is 0. The topological polar surface area (TPSA) is 12.9 Å². The van der Waals surface area contributed by atoms with E-state index >= 15 is 0 Å². The second kappa shape index (κ2) is 5.32. The summed E-state index contributed by atoms with van der Waals surface area (Å²) >= 11 is 0.204. The van der Waals surface area contributed by atoms with Crippen molar-refractivity contribution in [1.82, 2.24) is 3.98 Å². The van der Waals surface area contributed by atoms with Crippen LogP contribution in [0.25, 0.3) is 32.0 Å². The zero-order chi connectivity index (χ0) is 14.1. The van der Waals surface area contributed by atoms with Gasteiger partial charge >= 0.3 is 130 Å². The standard InChI is InChI=1S/C19H13NSe/c1-2-8-14(9-3-1)15-10-4-5-11-16(15)19-17-12-6-7-13-18(17)21-20-19/h1-13H. The van der Waals surface area contributed by atoms with E-state index in [1.54, 1.807) is 0 Å². The molecule has 100 valence electrons. The molecule has 0 radical (unpaired) electrons. The normalized spacial score (nSPS) is 10.9. The van der Waals surface area contributed by atoms with Crippen LogP contribution in [0.15, 0.2) is 78.9 Å². The van der Waals surface area contributed by atoms with Crippen molar-refractivity contribution < 1.29 is 0 Å². The van der Waals surface area contributed by atoms with Crippen molar-refractivity contribution in [2.75, 3.05) is 0 Å². The van der Waals surface area contributed by atoms with Crippen molar-refractivity contribution in [3.63, 3.8) is 0 Å².